The standard InChI is InChI=1S/C17H25N3O3.C8H6N2O2/c21-16(19-10-3-6-17(22)23)5-2-1-4-14-8-7-13-12-18-11-9-15(13)20-14;9-7(11)8-10-5-3-1-2-4-6(5)12-8/h7-8,18H,1-6,9-12H2,(H,19,21)(H,22,23);1-4H,(H2,9,11). The molecule has 5 N–H and O–H groups in total. The molecule has 1 aliphatic rings. The number of hydrogen-bond acceptors (Lipinski definition) is 7. The summed E-state index contributed by atoms with van der Waals surface area (Å²) in [6.07, 6.45) is 4.71. The molecule has 10 heteroatoms. The summed E-state index contributed by atoms with van der Waals surface area (Å²) in [5.41, 5.74) is 9.80. The quantitative estimate of drug-likeness (QED) is 0.321. The van der Waals surface area contributed by atoms with Gasteiger partial charge in [-0.2, -0.15) is 0 Å². The Morgan fingerprint density at radius 1 is 1.06 bits per heavy atom. The van der Waals surface area contributed by atoms with E-state index in [1.54, 1.807) is 18.2 Å². The van der Waals surface area contributed by atoms with E-state index in [1.807, 2.05) is 6.07 Å². The van der Waals surface area contributed by atoms with Crippen LogP contribution in [0.1, 0.15) is 59.7 Å². The Hall–Kier alpha value is -3.79. The molecule has 0 saturated carbocycles. The summed E-state index contributed by atoms with van der Waals surface area (Å²) in [6, 6.07) is 11.3. The van der Waals surface area contributed by atoms with E-state index in [-0.39, 0.29) is 18.2 Å². The summed E-state index contributed by atoms with van der Waals surface area (Å²) in [5.74, 6) is -1.52. The third kappa shape index (κ3) is 8.49. The maximum atomic E-state index is 11.6. The molecule has 2 amide bonds. The Labute approximate surface area is 203 Å². The number of oxazole rings is 1. The Morgan fingerprint density at radius 3 is 2.66 bits per heavy atom. The number of aliphatic carboxylic acids is 1. The number of carboxylic acids is 1. The Kier molecular flexibility index (Phi) is 9.73. The lowest BCUT2D eigenvalue weighted by Gasteiger charge is -2.16. The molecule has 1 aromatic carbocycles. The molecule has 0 spiro atoms. The molecule has 0 atom stereocenters. The number of nitrogens with one attached hydrogen (secondary N) is 2. The van der Waals surface area contributed by atoms with Crippen molar-refractivity contribution in [2.24, 2.45) is 5.73 Å². The number of aromatic nitrogens is 2. The van der Waals surface area contributed by atoms with E-state index in [2.05, 4.69) is 27.8 Å². The van der Waals surface area contributed by atoms with Crippen LogP contribution in [0.2, 0.25) is 0 Å². The number of aryl methyl sites for hydroxylation is 1. The van der Waals surface area contributed by atoms with Gasteiger partial charge in [0.1, 0.15) is 5.52 Å². The van der Waals surface area contributed by atoms with Gasteiger partial charge in [-0.15, -0.1) is 0 Å². The van der Waals surface area contributed by atoms with E-state index in [0.29, 0.717) is 30.5 Å². The molecule has 35 heavy (non-hydrogen) atoms. The van der Waals surface area contributed by atoms with E-state index in [9.17, 15) is 14.4 Å². The summed E-state index contributed by atoms with van der Waals surface area (Å²) in [7, 11) is 0. The number of unbranched alkanes of at least 4 members (excludes halogenated alkanes) is 1. The van der Waals surface area contributed by atoms with Crippen LogP contribution in [0.15, 0.2) is 40.8 Å². The molecule has 10 nitrogen and oxygen atoms in total. The Morgan fingerprint density at radius 2 is 1.89 bits per heavy atom. The van der Waals surface area contributed by atoms with Gasteiger partial charge < -0.3 is 25.9 Å². The van der Waals surface area contributed by atoms with Gasteiger partial charge in [0.25, 0.3) is 5.89 Å². The number of primary amides is 1. The summed E-state index contributed by atoms with van der Waals surface area (Å²) >= 11 is 0. The number of pyridine rings is 1. The van der Waals surface area contributed by atoms with Crippen molar-refractivity contribution >= 4 is 28.9 Å². The number of benzene rings is 1. The average molecular weight is 482 g/mol. The second kappa shape index (κ2) is 13.2. The number of hydrogen-bond donors (Lipinski definition) is 4. The SMILES string of the molecule is NC(=O)c1nc2ccccc2o1.O=C(O)CCCNC(=O)CCCCc1ccc2c(n1)CCNC2. The van der Waals surface area contributed by atoms with E-state index >= 15 is 0 Å². The maximum absolute atomic E-state index is 11.6. The predicted octanol–water partition coefficient (Wildman–Crippen LogP) is 2.35. The fourth-order valence-electron chi connectivity index (χ4n) is 3.65. The van der Waals surface area contributed by atoms with Gasteiger partial charge in [0.05, 0.1) is 0 Å². The first-order valence-corrected chi connectivity index (χ1v) is 11.7. The third-order valence-electron chi connectivity index (χ3n) is 5.46. The molecular weight excluding hydrogens is 450 g/mol. The van der Waals surface area contributed by atoms with Gasteiger partial charge in [-0.25, -0.2) is 4.98 Å². The van der Waals surface area contributed by atoms with Gasteiger partial charge in [0.2, 0.25) is 5.91 Å². The van der Waals surface area contributed by atoms with Crippen molar-refractivity contribution in [2.75, 3.05) is 13.1 Å². The van der Waals surface area contributed by atoms with E-state index < -0.39 is 11.9 Å². The van der Waals surface area contributed by atoms with Crippen LogP contribution in [0.3, 0.4) is 0 Å². The van der Waals surface area contributed by atoms with Crippen molar-refractivity contribution < 1.29 is 23.9 Å². The highest BCUT2D eigenvalue weighted by Crippen LogP contribution is 2.14. The van der Waals surface area contributed by atoms with Crippen molar-refractivity contribution in [1.82, 2.24) is 20.6 Å². The van der Waals surface area contributed by atoms with E-state index in [4.69, 9.17) is 20.2 Å². The van der Waals surface area contributed by atoms with Crippen molar-refractivity contribution in [3.05, 3.63) is 59.2 Å². The number of fused-ring (bicyclic) bond motifs is 2. The molecule has 0 radical (unpaired) electrons. The second-order valence-electron chi connectivity index (χ2n) is 8.24. The van der Waals surface area contributed by atoms with Crippen LogP contribution in [0.5, 0.6) is 0 Å². The van der Waals surface area contributed by atoms with Gasteiger partial charge in [-0.05, 0) is 49.4 Å². The summed E-state index contributed by atoms with van der Waals surface area (Å²) in [5, 5.41) is 14.6. The molecule has 3 aromatic rings. The molecule has 0 saturated heterocycles. The van der Waals surface area contributed by atoms with Crippen molar-refractivity contribution in [3.63, 3.8) is 0 Å². The number of para-hydroxylation sites is 2. The zero-order valence-corrected chi connectivity index (χ0v) is 19.6. The number of carbonyl (C=O) groups is 3. The number of rotatable bonds is 10. The highest BCUT2D eigenvalue weighted by atomic mass is 16.4. The zero-order valence-electron chi connectivity index (χ0n) is 19.6. The van der Waals surface area contributed by atoms with Gasteiger partial charge in [0, 0.05) is 50.3 Å². The highest BCUT2D eigenvalue weighted by molar-refractivity contribution is 5.90. The van der Waals surface area contributed by atoms with E-state index in [1.165, 1.54) is 11.3 Å². The minimum absolute atomic E-state index is 0.000127. The smallest absolute Gasteiger partial charge is 0.304 e. The molecule has 186 valence electrons. The first kappa shape index (κ1) is 25.8. The van der Waals surface area contributed by atoms with Crippen LogP contribution in [-0.2, 0) is 29.0 Å². The first-order valence-electron chi connectivity index (χ1n) is 11.7. The van der Waals surface area contributed by atoms with Gasteiger partial charge in [-0.1, -0.05) is 18.2 Å². The lowest BCUT2D eigenvalue weighted by molar-refractivity contribution is -0.137. The third-order valence-corrected chi connectivity index (χ3v) is 5.46. The van der Waals surface area contributed by atoms with Crippen LogP contribution >= 0.6 is 0 Å². The number of carboxylic acid groups (broad SMARTS) is 1. The second-order valence-corrected chi connectivity index (χ2v) is 8.24. The van der Waals surface area contributed by atoms with Crippen LogP contribution in [0.4, 0.5) is 0 Å². The molecule has 0 bridgehead atoms. The number of nitrogens with two attached hydrogens (primary N) is 1. The highest BCUT2D eigenvalue weighted by Gasteiger charge is 2.11. The topological polar surface area (TPSA) is 160 Å². The fraction of sp³-hybridized carbons (Fsp3) is 0.400. The summed E-state index contributed by atoms with van der Waals surface area (Å²) in [6.45, 7) is 2.34. The van der Waals surface area contributed by atoms with Crippen molar-refractivity contribution in [1.29, 1.82) is 0 Å². The molecule has 0 fully saturated rings. The van der Waals surface area contributed by atoms with Crippen LogP contribution in [-0.4, -0.2) is 45.9 Å². The van der Waals surface area contributed by atoms with Gasteiger partial charge >= 0.3 is 11.9 Å². The molecule has 2 aromatic heterocycles. The monoisotopic (exact) mass is 481 g/mol. The number of nitrogens with zero attached hydrogens (tertiary/aromatic N) is 2. The average Bonchev–Trinajstić information content (AvgIpc) is 3.30. The van der Waals surface area contributed by atoms with Gasteiger partial charge in [-0.3, -0.25) is 19.4 Å². The van der Waals surface area contributed by atoms with Crippen LogP contribution in [0.25, 0.3) is 11.1 Å². The predicted molar refractivity (Wildman–Crippen MR) is 130 cm³/mol. The maximum Gasteiger partial charge on any atom is 0.304 e. The molecule has 4 rings (SSSR count). The molecule has 1 aliphatic heterocycles. The normalized spacial score (nSPS) is 12.3. The van der Waals surface area contributed by atoms with Crippen LogP contribution in [0, 0.1) is 0 Å². The molecule has 3 heterocycles. The largest absolute Gasteiger partial charge is 0.481 e. The molecular formula is C25H31N5O5. The lowest BCUT2D eigenvalue weighted by Crippen LogP contribution is -2.25. The number of amides is 2. The fourth-order valence-corrected chi connectivity index (χ4v) is 3.65. The van der Waals surface area contributed by atoms with Crippen molar-refractivity contribution in [2.45, 2.75) is 51.5 Å². The Bertz CT molecular complexity index is 1130. The van der Waals surface area contributed by atoms with Gasteiger partial charge in [0.15, 0.2) is 5.58 Å². The van der Waals surface area contributed by atoms with Crippen molar-refractivity contribution in [3.8, 4) is 0 Å². The number of carbonyl (C=O) groups excluding carboxylic acids is 2. The minimum atomic E-state index is -0.826. The molecule has 0 aliphatic carbocycles. The van der Waals surface area contributed by atoms with Crippen LogP contribution < -0.4 is 16.4 Å². The summed E-state index contributed by atoms with van der Waals surface area (Å²) in [4.78, 5) is 41.2. The minimum Gasteiger partial charge on any atom is -0.481 e. The zero-order chi connectivity index (χ0) is 25.0. The van der Waals surface area contributed by atoms with E-state index in [0.717, 1.165) is 44.5 Å². The summed E-state index contributed by atoms with van der Waals surface area (Å²) < 4.78 is 5.04. The Balaban J connectivity index is 0.000000237. The molecule has 0 unspecified atom stereocenters. The first-order chi connectivity index (χ1) is 16.9. The lowest BCUT2D eigenvalue weighted by atomic mass is 10.0.